The third-order valence-electron chi connectivity index (χ3n) is 3.40. The lowest BCUT2D eigenvalue weighted by Crippen LogP contribution is -2.39. The second kappa shape index (κ2) is 6.69. The Balaban J connectivity index is 2.49. The maximum atomic E-state index is 12.2. The third-order valence-corrected chi connectivity index (χ3v) is 3.40. The van der Waals surface area contributed by atoms with Crippen LogP contribution in [-0.4, -0.2) is 35.6 Å². The van der Waals surface area contributed by atoms with Crippen LogP contribution in [0.25, 0.3) is 0 Å². The zero-order chi connectivity index (χ0) is 12.0. The quantitative estimate of drug-likeness (QED) is 0.725. The largest absolute Gasteiger partial charge is 0.395 e. The van der Waals surface area contributed by atoms with Gasteiger partial charge in [-0.3, -0.25) is 4.79 Å². The molecule has 1 fully saturated rings. The first-order valence-electron chi connectivity index (χ1n) is 6.19. The van der Waals surface area contributed by atoms with E-state index in [9.17, 15) is 4.79 Å². The van der Waals surface area contributed by atoms with Gasteiger partial charge in [-0.25, -0.2) is 0 Å². The van der Waals surface area contributed by atoms with Gasteiger partial charge in [-0.1, -0.05) is 13.0 Å². The topological polar surface area (TPSA) is 40.5 Å². The zero-order valence-electron chi connectivity index (χ0n) is 10.2. The molecule has 0 aliphatic heterocycles. The van der Waals surface area contributed by atoms with Gasteiger partial charge in [0.1, 0.15) is 0 Å². The van der Waals surface area contributed by atoms with Gasteiger partial charge in [0.05, 0.1) is 6.61 Å². The second-order valence-corrected chi connectivity index (χ2v) is 4.75. The molecule has 0 aromatic carbocycles. The highest BCUT2D eigenvalue weighted by atomic mass is 16.3. The Bertz CT molecular complexity index is 232. The fourth-order valence-electron chi connectivity index (χ4n) is 2.33. The van der Waals surface area contributed by atoms with Crippen molar-refractivity contribution in [2.45, 2.75) is 32.6 Å². The van der Waals surface area contributed by atoms with Gasteiger partial charge in [0.15, 0.2) is 0 Å². The van der Waals surface area contributed by atoms with Gasteiger partial charge in [-0.2, -0.15) is 0 Å². The molecule has 1 amide bonds. The van der Waals surface area contributed by atoms with Gasteiger partial charge in [-0.05, 0) is 31.6 Å². The summed E-state index contributed by atoms with van der Waals surface area (Å²) in [5.74, 6) is 1.12. The van der Waals surface area contributed by atoms with Crippen LogP contribution in [-0.2, 0) is 4.79 Å². The molecule has 1 N–H and O–H groups in total. The van der Waals surface area contributed by atoms with Gasteiger partial charge in [0, 0.05) is 19.0 Å². The molecule has 1 saturated carbocycles. The Morgan fingerprint density at radius 2 is 2.06 bits per heavy atom. The Morgan fingerprint density at radius 1 is 1.44 bits per heavy atom. The highest BCUT2D eigenvalue weighted by Crippen LogP contribution is 2.29. The van der Waals surface area contributed by atoms with Crippen molar-refractivity contribution in [3.63, 3.8) is 0 Å². The number of rotatable bonds is 5. The lowest BCUT2D eigenvalue weighted by Gasteiger charge is -2.30. The monoisotopic (exact) mass is 225 g/mol. The van der Waals surface area contributed by atoms with Crippen LogP contribution >= 0.6 is 0 Å². The molecule has 0 radical (unpaired) electrons. The standard InChI is InChI=1S/C13H23NO2/c1-3-8-14(9-10-15)13(16)12-6-4-11(2)5-7-12/h3,11-12,15H,1,4-10H2,2H3. The minimum absolute atomic E-state index is 0.0305. The lowest BCUT2D eigenvalue weighted by molar-refractivity contribution is -0.136. The van der Waals surface area contributed by atoms with Crippen LogP contribution in [0.3, 0.4) is 0 Å². The molecule has 0 spiro atoms. The third kappa shape index (κ3) is 3.63. The summed E-state index contributed by atoms with van der Waals surface area (Å²) in [5, 5.41) is 8.92. The molecule has 0 aromatic rings. The molecule has 0 unspecified atom stereocenters. The van der Waals surface area contributed by atoms with E-state index in [4.69, 9.17) is 5.11 Å². The first kappa shape index (κ1) is 13.2. The van der Waals surface area contributed by atoms with Crippen LogP contribution in [0.5, 0.6) is 0 Å². The first-order chi connectivity index (χ1) is 7.69. The first-order valence-corrected chi connectivity index (χ1v) is 6.19. The van der Waals surface area contributed by atoms with Gasteiger partial charge < -0.3 is 10.0 Å². The van der Waals surface area contributed by atoms with Crippen LogP contribution in [0.15, 0.2) is 12.7 Å². The lowest BCUT2D eigenvalue weighted by atomic mass is 9.82. The molecule has 3 nitrogen and oxygen atoms in total. The summed E-state index contributed by atoms with van der Waals surface area (Å²) in [4.78, 5) is 13.9. The van der Waals surface area contributed by atoms with Crippen molar-refractivity contribution in [2.75, 3.05) is 19.7 Å². The molecule has 1 rings (SSSR count). The Morgan fingerprint density at radius 3 is 2.56 bits per heavy atom. The van der Waals surface area contributed by atoms with E-state index in [1.807, 2.05) is 0 Å². The summed E-state index contributed by atoms with van der Waals surface area (Å²) in [6.45, 7) is 6.90. The van der Waals surface area contributed by atoms with Crippen LogP contribution in [0.1, 0.15) is 32.6 Å². The number of hydrogen-bond acceptors (Lipinski definition) is 2. The predicted molar refractivity (Wildman–Crippen MR) is 65.0 cm³/mol. The molecule has 92 valence electrons. The minimum atomic E-state index is 0.0305. The molecule has 0 heterocycles. The molecule has 0 bridgehead atoms. The number of carbonyl (C=O) groups is 1. The summed E-state index contributed by atoms with van der Waals surface area (Å²) in [5.41, 5.74) is 0. The maximum absolute atomic E-state index is 12.2. The van der Waals surface area contributed by atoms with Crippen molar-refractivity contribution in [2.24, 2.45) is 11.8 Å². The van der Waals surface area contributed by atoms with Crippen LogP contribution < -0.4 is 0 Å². The molecule has 1 aliphatic rings. The van der Waals surface area contributed by atoms with Crippen molar-refractivity contribution in [3.8, 4) is 0 Å². The van der Waals surface area contributed by atoms with Gasteiger partial charge in [0.2, 0.25) is 5.91 Å². The highest BCUT2D eigenvalue weighted by Gasteiger charge is 2.27. The number of hydrogen-bond donors (Lipinski definition) is 1. The average molecular weight is 225 g/mol. The van der Waals surface area contributed by atoms with Crippen molar-refractivity contribution in [1.82, 2.24) is 4.90 Å². The summed E-state index contributed by atoms with van der Waals surface area (Å²) in [6, 6.07) is 0. The smallest absolute Gasteiger partial charge is 0.226 e. The van der Waals surface area contributed by atoms with E-state index in [0.717, 1.165) is 31.6 Å². The van der Waals surface area contributed by atoms with Gasteiger partial charge >= 0.3 is 0 Å². The number of amides is 1. The summed E-state index contributed by atoms with van der Waals surface area (Å²) >= 11 is 0. The Kier molecular flexibility index (Phi) is 5.53. The summed E-state index contributed by atoms with van der Waals surface area (Å²) in [6.07, 6.45) is 6.02. The number of aliphatic hydroxyl groups excluding tert-OH is 1. The average Bonchev–Trinajstić information content (AvgIpc) is 2.29. The highest BCUT2D eigenvalue weighted by molar-refractivity contribution is 5.79. The van der Waals surface area contributed by atoms with E-state index < -0.39 is 0 Å². The van der Waals surface area contributed by atoms with E-state index in [1.54, 1.807) is 11.0 Å². The molecule has 3 heteroatoms. The van der Waals surface area contributed by atoms with Crippen molar-refractivity contribution >= 4 is 5.91 Å². The molecular formula is C13H23NO2. The minimum Gasteiger partial charge on any atom is -0.395 e. The van der Waals surface area contributed by atoms with Crippen molar-refractivity contribution in [1.29, 1.82) is 0 Å². The van der Waals surface area contributed by atoms with E-state index in [-0.39, 0.29) is 18.4 Å². The summed E-state index contributed by atoms with van der Waals surface area (Å²) in [7, 11) is 0. The van der Waals surface area contributed by atoms with Crippen molar-refractivity contribution < 1.29 is 9.90 Å². The summed E-state index contributed by atoms with van der Waals surface area (Å²) < 4.78 is 0. The molecule has 1 aliphatic carbocycles. The Hall–Kier alpha value is -0.830. The fraction of sp³-hybridized carbons (Fsp3) is 0.769. The van der Waals surface area contributed by atoms with E-state index >= 15 is 0 Å². The van der Waals surface area contributed by atoms with E-state index in [0.29, 0.717) is 13.1 Å². The molecule has 0 saturated heterocycles. The molecule has 0 aromatic heterocycles. The van der Waals surface area contributed by atoms with E-state index in [1.165, 1.54) is 0 Å². The maximum Gasteiger partial charge on any atom is 0.226 e. The van der Waals surface area contributed by atoms with Gasteiger partial charge in [-0.15, -0.1) is 6.58 Å². The van der Waals surface area contributed by atoms with Crippen molar-refractivity contribution in [3.05, 3.63) is 12.7 Å². The number of nitrogens with zero attached hydrogens (tertiary/aromatic N) is 1. The van der Waals surface area contributed by atoms with Crippen LogP contribution in [0.2, 0.25) is 0 Å². The molecule has 0 atom stereocenters. The fourth-order valence-corrected chi connectivity index (χ4v) is 2.33. The molecule has 16 heavy (non-hydrogen) atoms. The number of aliphatic hydroxyl groups is 1. The van der Waals surface area contributed by atoms with Crippen LogP contribution in [0, 0.1) is 11.8 Å². The Labute approximate surface area is 98.1 Å². The SMILES string of the molecule is C=CCN(CCO)C(=O)C1CCC(C)CC1. The van der Waals surface area contributed by atoms with Crippen LogP contribution in [0.4, 0.5) is 0 Å². The number of carbonyl (C=O) groups excluding carboxylic acids is 1. The van der Waals surface area contributed by atoms with Gasteiger partial charge in [0.25, 0.3) is 0 Å². The second-order valence-electron chi connectivity index (χ2n) is 4.75. The van der Waals surface area contributed by atoms with E-state index in [2.05, 4.69) is 13.5 Å². The molecular weight excluding hydrogens is 202 g/mol. The normalized spacial score (nSPS) is 25.1. The zero-order valence-corrected chi connectivity index (χ0v) is 10.2. The predicted octanol–water partition coefficient (Wildman–Crippen LogP) is 1.82.